The summed E-state index contributed by atoms with van der Waals surface area (Å²) in [6, 6.07) is 3.82. The fourth-order valence-electron chi connectivity index (χ4n) is 1.58. The fourth-order valence-corrected chi connectivity index (χ4v) is 4.37. The number of benzene rings is 1. The molecule has 0 aliphatic rings. The van der Waals surface area contributed by atoms with Crippen molar-refractivity contribution in [3.63, 3.8) is 0 Å². The Labute approximate surface area is 131 Å². The van der Waals surface area contributed by atoms with Crippen LogP contribution in [0.2, 0.25) is 5.02 Å². The van der Waals surface area contributed by atoms with Gasteiger partial charge in [0.15, 0.2) is 0 Å². The predicted octanol–water partition coefficient (Wildman–Crippen LogP) is 1.02. The van der Waals surface area contributed by atoms with Crippen LogP contribution in [0.4, 0.5) is 0 Å². The van der Waals surface area contributed by atoms with Crippen LogP contribution in [0.3, 0.4) is 0 Å². The molecule has 1 rings (SSSR count). The van der Waals surface area contributed by atoms with Gasteiger partial charge in [0.1, 0.15) is 9.88 Å². The maximum atomic E-state index is 12.2. The van der Waals surface area contributed by atoms with Crippen molar-refractivity contribution in [3.05, 3.63) is 28.8 Å². The summed E-state index contributed by atoms with van der Waals surface area (Å²) in [6.07, 6.45) is 1.51. The molecule has 20 heavy (non-hydrogen) atoms. The first-order valence-electron chi connectivity index (χ1n) is 5.55. The van der Waals surface area contributed by atoms with Crippen LogP contribution in [-0.2, 0) is 20.8 Å². The second kappa shape index (κ2) is 6.95. The van der Waals surface area contributed by atoms with Crippen LogP contribution in [0.5, 0.6) is 0 Å². The van der Waals surface area contributed by atoms with E-state index in [9.17, 15) is 12.6 Å². The molecule has 0 aliphatic heterocycles. The summed E-state index contributed by atoms with van der Waals surface area (Å²) >= 11 is 10.7. The standard InChI is InChI=1S/C11H15ClN2O3S3/c1-7(6-19(2)15)14-20(16,17)10-5-8(11(13)18)3-4-9(10)12/h3-5,7,14H,6H2,1-2H3,(H2,13,18). The molecule has 3 N–H and O–H groups in total. The molecule has 0 saturated carbocycles. The maximum absolute atomic E-state index is 12.2. The number of nitrogens with two attached hydrogens (primary N) is 1. The van der Waals surface area contributed by atoms with E-state index in [0.29, 0.717) is 5.56 Å². The summed E-state index contributed by atoms with van der Waals surface area (Å²) in [5.41, 5.74) is 5.89. The number of sulfonamides is 1. The number of hydrogen-bond acceptors (Lipinski definition) is 4. The highest BCUT2D eigenvalue weighted by Crippen LogP contribution is 2.23. The van der Waals surface area contributed by atoms with E-state index in [1.165, 1.54) is 18.4 Å². The van der Waals surface area contributed by atoms with Crippen LogP contribution in [0.1, 0.15) is 12.5 Å². The predicted molar refractivity (Wildman–Crippen MR) is 86.1 cm³/mol. The minimum atomic E-state index is -3.82. The van der Waals surface area contributed by atoms with E-state index in [1.54, 1.807) is 13.0 Å². The third-order valence-electron chi connectivity index (χ3n) is 2.35. The number of halogens is 1. The van der Waals surface area contributed by atoms with Gasteiger partial charge < -0.3 is 5.73 Å². The first-order chi connectivity index (χ1) is 9.13. The lowest BCUT2D eigenvalue weighted by Gasteiger charge is -2.14. The normalized spacial score (nSPS) is 14.8. The summed E-state index contributed by atoms with van der Waals surface area (Å²) in [4.78, 5) is -0.0148. The zero-order chi connectivity index (χ0) is 15.5. The Hall–Kier alpha value is -0.540. The zero-order valence-electron chi connectivity index (χ0n) is 10.9. The summed E-state index contributed by atoms with van der Waals surface area (Å²) in [7, 11) is -4.93. The lowest BCUT2D eigenvalue weighted by Crippen LogP contribution is -2.36. The van der Waals surface area contributed by atoms with E-state index in [4.69, 9.17) is 29.6 Å². The minimum absolute atomic E-state index is 0.0716. The lowest BCUT2D eigenvalue weighted by atomic mass is 10.2. The van der Waals surface area contributed by atoms with Gasteiger partial charge in [-0.25, -0.2) is 13.1 Å². The van der Waals surface area contributed by atoms with Crippen molar-refractivity contribution >= 4 is 49.6 Å². The van der Waals surface area contributed by atoms with Gasteiger partial charge in [-0.15, -0.1) is 0 Å². The molecule has 0 saturated heterocycles. The van der Waals surface area contributed by atoms with Crippen molar-refractivity contribution in [2.75, 3.05) is 12.0 Å². The van der Waals surface area contributed by atoms with Crippen LogP contribution in [0, 0.1) is 0 Å². The Morgan fingerprint density at radius 2 is 2.15 bits per heavy atom. The molecular formula is C11H15ClN2O3S3. The number of thiocarbonyl (C=S) groups is 1. The molecule has 0 aromatic heterocycles. The number of hydrogen-bond donors (Lipinski definition) is 2. The first-order valence-corrected chi connectivity index (χ1v) is 9.55. The van der Waals surface area contributed by atoms with Crippen LogP contribution >= 0.6 is 23.8 Å². The van der Waals surface area contributed by atoms with Gasteiger partial charge in [0.05, 0.1) is 5.02 Å². The highest BCUT2D eigenvalue weighted by atomic mass is 35.5. The van der Waals surface area contributed by atoms with Gasteiger partial charge in [0.2, 0.25) is 10.0 Å². The summed E-state index contributed by atoms with van der Waals surface area (Å²) < 4.78 is 38.0. The van der Waals surface area contributed by atoms with Gasteiger partial charge in [0, 0.05) is 34.4 Å². The Morgan fingerprint density at radius 1 is 1.55 bits per heavy atom. The van der Waals surface area contributed by atoms with Crippen molar-refractivity contribution in [2.24, 2.45) is 5.73 Å². The van der Waals surface area contributed by atoms with E-state index in [2.05, 4.69) is 4.72 Å². The molecule has 0 spiro atoms. The molecular weight excluding hydrogens is 340 g/mol. The molecule has 0 amide bonds. The van der Waals surface area contributed by atoms with Gasteiger partial charge in [-0.1, -0.05) is 29.9 Å². The minimum Gasteiger partial charge on any atom is -0.389 e. The Balaban J connectivity index is 3.12. The molecule has 2 atom stereocenters. The second-order valence-electron chi connectivity index (χ2n) is 4.27. The van der Waals surface area contributed by atoms with Crippen molar-refractivity contribution in [1.29, 1.82) is 0 Å². The van der Waals surface area contributed by atoms with Gasteiger partial charge in [0.25, 0.3) is 0 Å². The average Bonchev–Trinajstić information content (AvgIpc) is 2.26. The molecule has 0 aliphatic carbocycles. The van der Waals surface area contributed by atoms with Crippen molar-refractivity contribution in [2.45, 2.75) is 17.9 Å². The molecule has 5 nitrogen and oxygen atoms in total. The molecule has 0 radical (unpaired) electrons. The summed E-state index contributed by atoms with van der Waals surface area (Å²) in [6.45, 7) is 1.63. The Kier molecular flexibility index (Phi) is 6.08. The van der Waals surface area contributed by atoms with Gasteiger partial charge in [-0.05, 0) is 19.1 Å². The van der Waals surface area contributed by atoms with E-state index < -0.39 is 26.9 Å². The largest absolute Gasteiger partial charge is 0.389 e. The zero-order valence-corrected chi connectivity index (χ0v) is 14.1. The molecule has 1 aromatic carbocycles. The third kappa shape index (κ3) is 4.78. The quantitative estimate of drug-likeness (QED) is 0.744. The SMILES string of the molecule is CC(CS(C)=O)NS(=O)(=O)c1cc(C(N)=S)ccc1Cl. The molecule has 2 unspecified atom stereocenters. The lowest BCUT2D eigenvalue weighted by molar-refractivity contribution is 0.570. The maximum Gasteiger partial charge on any atom is 0.242 e. The first kappa shape index (κ1) is 17.5. The highest BCUT2D eigenvalue weighted by Gasteiger charge is 2.21. The molecule has 0 fully saturated rings. The second-order valence-corrected chi connectivity index (χ2v) is 8.28. The van der Waals surface area contributed by atoms with Crippen molar-refractivity contribution in [1.82, 2.24) is 4.72 Å². The van der Waals surface area contributed by atoms with Crippen LogP contribution in [-0.4, -0.2) is 35.7 Å². The smallest absolute Gasteiger partial charge is 0.242 e. The summed E-state index contributed by atoms with van der Waals surface area (Å²) in [5.74, 6) is 0.214. The topological polar surface area (TPSA) is 89.3 Å². The Bertz CT molecular complexity index is 646. The highest BCUT2D eigenvalue weighted by molar-refractivity contribution is 7.89. The van der Waals surface area contributed by atoms with E-state index in [1.807, 2.05) is 0 Å². The Morgan fingerprint density at radius 3 is 2.65 bits per heavy atom. The molecule has 0 bridgehead atoms. The average molecular weight is 355 g/mol. The number of nitrogens with one attached hydrogen (secondary N) is 1. The molecule has 112 valence electrons. The monoisotopic (exact) mass is 354 g/mol. The van der Waals surface area contributed by atoms with E-state index in [0.717, 1.165) is 0 Å². The van der Waals surface area contributed by atoms with Crippen molar-refractivity contribution < 1.29 is 12.6 Å². The van der Waals surface area contributed by atoms with E-state index in [-0.39, 0.29) is 20.7 Å². The van der Waals surface area contributed by atoms with E-state index >= 15 is 0 Å². The number of rotatable bonds is 6. The molecule has 9 heteroatoms. The van der Waals surface area contributed by atoms with Crippen LogP contribution in [0.15, 0.2) is 23.1 Å². The van der Waals surface area contributed by atoms with Crippen molar-refractivity contribution in [3.8, 4) is 0 Å². The molecule has 1 aromatic rings. The van der Waals surface area contributed by atoms with Gasteiger partial charge in [-0.3, -0.25) is 4.21 Å². The summed E-state index contributed by atoms with van der Waals surface area (Å²) in [5, 5.41) is 0.0716. The third-order valence-corrected chi connectivity index (χ3v) is 5.62. The van der Waals surface area contributed by atoms with Gasteiger partial charge in [-0.2, -0.15) is 0 Å². The molecule has 0 heterocycles. The van der Waals surface area contributed by atoms with Crippen LogP contribution in [0.25, 0.3) is 0 Å². The van der Waals surface area contributed by atoms with Crippen LogP contribution < -0.4 is 10.5 Å². The van der Waals surface area contributed by atoms with Gasteiger partial charge >= 0.3 is 0 Å². The fraction of sp³-hybridized carbons (Fsp3) is 0.364.